The van der Waals surface area contributed by atoms with Crippen molar-refractivity contribution in [1.29, 1.82) is 0 Å². The monoisotopic (exact) mass is 537 g/mol. The Morgan fingerprint density at radius 1 is 1.26 bits per heavy atom. The highest BCUT2D eigenvalue weighted by Gasteiger charge is 2.64. The highest BCUT2D eigenvalue weighted by Crippen LogP contribution is 2.63. The highest BCUT2D eigenvalue weighted by molar-refractivity contribution is 5.81. The molecule has 210 valence electrons. The fraction of sp³-hybridized carbons (Fsp3) is 0.548. The zero-order chi connectivity index (χ0) is 27.8. The molecular weight excluding hydrogens is 497 g/mol. The number of alkyl carbamates (subject to hydrolysis) is 1. The third-order valence-corrected chi connectivity index (χ3v) is 9.30. The van der Waals surface area contributed by atoms with Crippen LogP contribution in [-0.4, -0.2) is 54.8 Å². The lowest BCUT2D eigenvalue weighted by atomic mass is 9.47. The van der Waals surface area contributed by atoms with Crippen LogP contribution in [0.25, 0.3) is 11.1 Å². The fourth-order valence-corrected chi connectivity index (χ4v) is 7.31. The largest absolute Gasteiger partial charge is 0.453 e. The number of piperidine rings is 1. The lowest BCUT2D eigenvalue weighted by Crippen LogP contribution is -2.66. The van der Waals surface area contributed by atoms with Crippen molar-refractivity contribution in [2.45, 2.75) is 75.3 Å². The number of hydrogen-bond donors (Lipinski definition) is 3. The van der Waals surface area contributed by atoms with Gasteiger partial charge < -0.3 is 25.8 Å². The van der Waals surface area contributed by atoms with Crippen LogP contribution in [0.5, 0.6) is 0 Å². The first-order valence-corrected chi connectivity index (χ1v) is 14.3. The topological polar surface area (TPSA) is 105 Å². The molecule has 1 saturated heterocycles. The molecule has 2 aromatic carbocycles. The van der Waals surface area contributed by atoms with Gasteiger partial charge in [0.25, 0.3) is 0 Å². The quantitative estimate of drug-likeness (QED) is 0.455. The molecule has 4 atom stereocenters. The van der Waals surface area contributed by atoms with Crippen LogP contribution in [-0.2, 0) is 27.0 Å². The number of carbonyl (C=O) groups excluding carboxylic acids is 2. The number of likely N-dealkylation sites (tertiary alicyclic amines) is 1. The van der Waals surface area contributed by atoms with Gasteiger partial charge in [-0.15, -0.1) is 0 Å². The number of ether oxygens (including phenoxy) is 1. The van der Waals surface area contributed by atoms with E-state index in [1.165, 1.54) is 13.2 Å². The second kappa shape index (κ2) is 10.9. The maximum absolute atomic E-state index is 15.6. The van der Waals surface area contributed by atoms with Crippen molar-refractivity contribution in [2.75, 3.05) is 26.7 Å². The maximum Gasteiger partial charge on any atom is 0.406 e. The van der Waals surface area contributed by atoms with Crippen LogP contribution in [0.15, 0.2) is 36.4 Å². The summed E-state index contributed by atoms with van der Waals surface area (Å²) >= 11 is 0. The lowest BCUT2D eigenvalue weighted by molar-refractivity contribution is -0.148. The van der Waals surface area contributed by atoms with Gasteiger partial charge in [-0.3, -0.25) is 4.79 Å². The summed E-state index contributed by atoms with van der Waals surface area (Å²) < 4.78 is 20.3. The number of rotatable bonds is 7. The van der Waals surface area contributed by atoms with Gasteiger partial charge in [-0.2, -0.15) is 0 Å². The smallest absolute Gasteiger partial charge is 0.406 e. The van der Waals surface area contributed by atoms with Crippen LogP contribution < -0.4 is 11.1 Å². The van der Waals surface area contributed by atoms with Crippen LogP contribution >= 0.6 is 0 Å². The summed E-state index contributed by atoms with van der Waals surface area (Å²) in [4.78, 5) is 27.1. The summed E-state index contributed by atoms with van der Waals surface area (Å²) in [5.41, 5.74) is 7.86. The zero-order valence-electron chi connectivity index (χ0n) is 23.0. The number of amides is 2. The van der Waals surface area contributed by atoms with E-state index in [0.29, 0.717) is 56.4 Å². The molecule has 2 amide bonds. The molecule has 1 aliphatic heterocycles. The normalized spacial score (nSPS) is 27.7. The average molecular weight is 538 g/mol. The van der Waals surface area contributed by atoms with Crippen molar-refractivity contribution in [3.05, 3.63) is 58.9 Å². The third-order valence-electron chi connectivity index (χ3n) is 9.30. The van der Waals surface area contributed by atoms with Gasteiger partial charge in [0, 0.05) is 42.6 Å². The molecule has 0 bridgehead atoms. The van der Waals surface area contributed by atoms with E-state index in [2.05, 4.69) is 17.0 Å². The van der Waals surface area contributed by atoms with Crippen molar-refractivity contribution >= 4 is 12.0 Å². The van der Waals surface area contributed by atoms with E-state index in [-0.39, 0.29) is 23.7 Å². The molecule has 2 aliphatic carbocycles. The van der Waals surface area contributed by atoms with Gasteiger partial charge in [0.1, 0.15) is 11.4 Å². The number of fused-ring (bicyclic) bond motifs is 2. The Hall–Kier alpha value is -2.97. The van der Waals surface area contributed by atoms with E-state index >= 15 is 4.39 Å². The van der Waals surface area contributed by atoms with Crippen molar-refractivity contribution in [3.63, 3.8) is 0 Å². The molecule has 2 aromatic rings. The van der Waals surface area contributed by atoms with E-state index in [9.17, 15) is 14.7 Å². The second-order valence-corrected chi connectivity index (χ2v) is 11.5. The van der Waals surface area contributed by atoms with Gasteiger partial charge in [-0.25, -0.2) is 9.18 Å². The van der Waals surface area contributed by atoms with Crippen molar-refractivity contribution < 1.29 is 23.8 Å². The van der Waals surface area contributed by atoms with E-state index in [1.807, 2.05) is 29.2 Å². The van der Waals surface area contributed by atoms with E-state index in [4.69, 9.17) is 5.73 Å². The Kier molecular flexibility index (Phi) is 7.71. The van der Waals surface area contributed by atoms with Crippen LogP contribution in [0.1, 0.15) is 68.6 Å². The molecule has 7 nitrogen and oxygen atoms in total. The van der Waals surface area contributed by atoms with Gasteiger partial charge in [0.05, 0.1) is 7.11 Å². The number of nitrogens with zero attached hydrogens (tertiary/aromatic N) is 1. The summed E-state index contributed by atoms with van der Waals surface area (Å²) in [6, 6.07) is 11.2. The number of halogens is 1. The molecule has 2 fully saturated rings. The number of hydrogen-bond acceptors (Lipinski definition) is 5. The molecule has 1 spiro atoms. The number of benzene rings is 2. The van der Waals surface area contributed by atoms with Crippen LogP contribution in [0, 0.1) is 11.7 Å². The predicted octanol–water partition coefficient (Wildman–Crippen LogP) is 4.38. The number of nitrogens with one attached hydrogen (secondary N) is 1. The number of carbonyl (C=O) groups is 2. The molecule has 39 heavy (non-hydrogen) atoms. The summed E-state index contributed by atoms with van der Waals surface area (Å²) in [7, 11) is 1.31. The molecular formula is C31H40FN3O4. The molecule has 5 rings (SSSR count). The van der Waals surface area contributed by atoms with Gasteiger partial charge in [-0.05, 0) is 79.7 Å². The molecule has 3 aliphatic rings. The number of aryl methyl sites for hydroxylation is 1. The minimum absolute atomic E-state index is 0.0609. The van der Waals surface area contributed by atoms with Crippen LogP contribution in [0.2, 0.25) is 0 Å². The lowest BCUT2D eigenvalue weighted by Gasteiger charge is -2.62. The van der Waals surface area contributed by atoms with Crippen molar-refractivity contribution in [2.24, 2.45) is 11.7 Å². The molecule has 8 heteroatoms. The molecule has 4 N–H and O–H groups in total. The Bertz CT molecular complexity index is 1250. The summed E-state index contributed by atoms with van der Waals surface area (Å²) in [6.07, 6.45) is 4.90. The van der Waals surface area contributed by atoms with Crippen LogP contribution in [0.3, 0.4) is 0 Å². The number of aliphatic hydroxyl groups is 1. The van der Waals surface area contributed by atoms with Gasteiger partial charge in [0.2, 0.25) is 5.91 Å². The SMILES string of the molecule is CCc1cccc(-c2c(F)ccc3c2[C@](O)(CCCNC(=O)OC)[C@@]32CCCN(C(=O)C3CC[C@H](N)C3)C2)c1. The minimum atomic E-state index is -1.36. The summed E-state index contributed by atoms with van der Waals surface area (Å²) in [5.74, 6) is -0.331. The first-order chi connectivity index (χ1) is 18.7. The number of nitrogens with two attached hydrogens (primary N) is 1. The minimum Gasteiger partial charge on any atom is -0.453 e. The van der Waals surface area contributed by atoms with Crippen molar-refractivity contribution in [3.8, 4) is 11.1 Å². The predicted molar refractivity (Wildman–Crippen MR) is 148 cm³/mol. The second-order valence-electron chi connectivity index (χ2n) is 11.5. The summed E-state index contributed by atoms with van der Waals surface area (Å²) in [6.45, 7) is 3.42. The summed E-state index contributed by atoms with van der Waals surface area (Å²) in [5, 5.41) is 15.3. The average Bonchev–Trinajstić information content (AvgIpc) is 3.40. The van der Waals surface area contributed by atoms with Crippen LogP contribution in [0.4, 0.5) is 9.18 Å². The molecule has 0 radical (unpaired) electrons. The van der Waals surface area contributed by atoms with Gasteiger partial charge in [-0.1, -0.05) is 37.3 Å². The third kappa shape index (κ3) is 4.72. The fourth-order valence-electron chi connectivity index (χ4n) is 7.31. The van der Waals surface area contributed by atoms with Gasteiger partial charge in [0.15, 0.2) is 0 Å². The van der Waals surface area contributed by atoms with Crippen molar-refractivity contribution in [1.82, 2.24) is 10.2 Å². The van der Waals surface area contributed by atoms with E-state index in [1.54, 1.807) is 6.07 Å². The zero-order valence-corrected chi connectivity index (χ0v) is 23.0. The molecule has 0 aromatic heterocycles. The Morgan fingerprint density at radius 3 is 2.79 bits per heavy atom. The van der Waals surface area contributed by atoms with Gasteiger partial charge >= 0.3 is 6.09 Å². The maximum atomic E-state index is 15.6. The Balaban J connectivity index is 1.54. The standard InChI is InChI=1S/C31H40FN3O4/c1-3-20-7-4-8-21(17-20)26-25(32)12-11-24-27(26)31(38,14-5-15-34-29(37)39-2)30(24)13-6-16-35(19-30)28(36)22-9-10-23(33)18-22/h4,7-8,11-12,17,22-23,38H,3,5-6,9-10,13-16,18-19,33H2,1-2H3,(H,34,37)/t22?,23-,30+,31+/m0/s1. The Labute approximate surface area is 229 Å². The first kappa shape index (κ1) is 27.6. The van der Waals surface area contributed by atoms with E-state index < -0.39 is 17.1 Å². The number of methoxy groups -OCH3 is 1. The highest BCUT2D eigenvalue weighted by atomic mass is 19.1. The molecule has 1 saturated carbocycles. The van der Waals surface area contributed by atoms with E-state index in [0.717, 1.165) is 42.4 Å². The molecule has 1 heterocycles. The first-order valence-electron chi connectivity index (χ1n) is 14.3. The Morgan fingerprint density at radius 2 is 2.08 bits per heavy atom. The molecule has 1 unspecified atom stereocenters.